The molecule has 4 aromatic heterocycles. The van der Waals surface area contributed by atoms with E-state index < -0.39 is 28.4 Å². The Bertz CT molecular complexity index is 3040. The predicted octanol–water partition coefficient (Wildman–Crippen LogP) is 6.28. The molecule has 0 aliphatic rings. The zero-order chi connectivity index (χ0) is 55.8. The molecular formula is C55H78N12O9. The number of aliphatic hydroxyl groups is 1. The van der Waals surface area contributed by atoms with Gasteiger partial charge >= 0.3 is 6.09 Å². The molecule has 21 heteroatoms. The number of hydrogen-bond acceptors (Lipinski definition) is 16. The number of hydrogen-bond donors (Lipinski definition) is 7. The van der Waals surface area contributed by atoms with E-state index in [1.54, 1.807) is 27.7 Å². The predicted molar refractivity (Wildman–Crippen MR) is 296 cm³/mol. The number of ether oxygens (including phenoxy) is 5. The topological polar surface area (TPSA) is 293 Å². The van der Waals surface area contributed by atoms with Crippen molar-refractivity contribution in [2.75, 3.05) is 58.1 Å². The van der Waals surface area contributed by atoms with Crippen LogP contribution in [0.25, 0.3) is 43.9 Å². The van der Waals surface area contributed by atoms with E-state index in [1.165, 1.54) is 0 Å². The van der Waals surface area contributed by atoms with Crippen molar-refractivity contribution in [2.24, 2.45) is 5.73 Å². The first-order valence-electron chi connectivity index (χ1n) is 25.3. The average Bonchev–Trinajstić information content (AvgIpc) is 3.93. The number of nitrogens with one attached hydrogen (secondary N) is 3. The lowest BCUT2D eigenvalue weighted by Gasteiger charge is -2.28. The number of amides is 3. The van der Waals surface area contributed by atoms with Crippen molar-refractivity contribution < 1.29 is 43.2 Å². The van der Waals surface area contributed by atoms with Crippen LogP contribution in [0.2, 0.25) is 0 Å². The molecule has 3 aromatic carbocycles. The smallest absolute Gasteiger partial charge is 0.408 e. The molecule has 0 aliphatic carbocycles. The molecule has 76 heavy (non-hydrogen) atoms. The third-order valence-electron chi connectivity index (χ3n) is 11.9. The van der Waals surface area contributed by atoms with Crippen molar-refractivity contribution >= 4 is 73.4 Å². The maximum Gasteiger partial charge on any atom is 0.408 e. The van der Waals surface area contributed by atoms with Crippen molar-refractivity contribution in [3.63, 3.8) is 0 Å². The molecule has 0 saturated heterocycles. The first kappa shape index (κ1) is 59.9. The lowest BCUT2D eigenvalue weighted by molar-refractivity contribution is -0.127. The number of anilines is 2. The fourth-order valence-electron chi connectivity index (χ4n) is 8.11. The second kappa shape index (κ2) is 26.7. The number of pyridine rings is 2. The van der Waals surface area contributed by atoms with E-state index in [2.05, 4.69) is 35.1 Å². The summed E-state index contributed by atoms with van der Waals surface area (Å²) in [5.41, 5.74) is 20.6. The van der Waals surface area contributed by atoms with Crippen LogP contribution in [0.4, 0.5) is 16.4 Å². The van der Waals surface area contributed by atoms with Gasteiger partial charge in [-0.1, -0.05) is 66.7 Å². The molecule has 0 radical (unpaired) electrons. The Kier molecular flexibility index (Phi) is 21.0. The van der Waals surface area contributed by atoms with Crippen molar-refractivity contribution in [1.82, 2.24) is 45.0 Å². The fraction of sp³-hybridized carbons (Fsp3) is 0.473. The maximum atomic E-state index is 12.8. The molecule has 0 unspecified atom stereocenters. The summed E-state index contributed by atoms with van der Waals surface area (Å²) in [5.74, 6) is 1.68. The van der Waals surface area contributed by atoms with E-state index >= 15 is 0 Å². The summed E-state index contributed by atoms with van der Waals surface area (Å²) in [4.78, 5) is 55.6. The number of nitrogen functional groups attached to an aromatic ring is 2. The molecular weight excluding hydrogens is 973 g/mol. The average molecular weight is 1050 g/mol. The van der Waals surface area contributed by atoms with Crippen LogP contribution >= 0.6 is 0 Å². The number of nitrogens with two attached hydrogens (primary N) is 3. The zero-order valence-corrected chi connectivity index (χ0v) is 45.9. The number of rotatable bonds is 23. The first-order valence-corrected chi connectivity index (χ1v) is 25.3. The molecule has 0 aliphatic heterocycles. The van der Waals surface area contributed by atoms with Gasteiger partial charge in [-0.05, 0) is 86.9 Å². The Morgan fingerprint density at radius 3 is 1.45 bits per heavy atom. The van der Waals surface area contributed by atoms with Gasteiger partial charge in [-0.2, -0.15) is 0 Å². The fourth-order valence-corrected chi connectivity index (χ4v) is 8.11. The molecule has 0 fully saturated rings. The minimum absolute atomic E-state index is 0.116. The number of alkyl carbamates (subject to hydrolysis) is 1. The van der Waals surface area contributed by atoms with Gasteiger partial charge in [0.25, 0.3) is 0 Å². The summed E-state index contributed by atoms with van der Waals surface area (Å²) >= 11 is 0. The summed E-state index contributed by atoms with van der Waals surface area (Å²) in [6, 6.07) is 25.0. The second-order valence-electron chi connectivity index (χ2n) is 20.2. The SMILES string of the molecule is CCOCc1nc2c(N)nc3ccccc3c2n1CC(C)(C)OCCNC(=O)C(C)(C)N.CCOCc1nc2c(N)nc3ccccc3c2n1CC(C)(C)OCCNC(=O)C(C)(C)NC(=O)OCc1ccccc1.CO. The van der Waals surface area contributed by atoms with Gasteiger partial charge in [-0.15, -0.1) is 0 Å². The van der Waals surface area contributed by atoms with Crippen molar-refractivity contribution in [3.05, 3.63) is 96.1 Å². The Morgan fingerprint density at radius 1 is 0.592 bits per heavy atom. The zero-order valence-electron chi connectivity index (χ0n) is 45.9. The number of aliphatic hydroxyl groups excluding tert-OH is 1. The lowest BCUT2D eigenvalue weighted by atomic mass is 10.1. The van der Waals surface area contributed by atoms with E-state index in [0.29, 0.717) is 75.3 Å². The monoisotopic (exact) mass is 1050 g/mol. The number of carbonyl (C=O) groups excluding carboxylic acids is 3. The molecule has 0 spiro atoms. The Labute approximate surface area is 444 Å². The van der Waals surface area contributed by atoms with Crippen LogP contribution in [0.5, 0.6) is 0 Å². The summed E-state index contributed by atoms with van der Waals surface area (Å²) in [7, 11) is 1.00. The summed E-state index contributed by atoms with van der Waals surface area (Å²) < 4.78 is 33.2. The number of imidazole rings is 2. The summed E-state index contributed by atoms with van der Waals surface area (Å²) in [5, 5.41) is 17.2. The van der Waals surface area contributed by atoms with Gasteiger partial charge in [0.2, 0.25) is 11.8 Å². The summed E-state index contributed by atoms with van der Waals surface area (Å²) in [6.07, 6.45) is -0.671. The molecule has 412 valence electrons. The van der Waals surface area contributed by atoms with Gasteiger partial charge in [0.1, 0.15) is 48.0 Å². The lowest BCUT2D eigenvalue weighted by Crippen LogP contribution is -2.55. The number of fused-ring (bicyclic) bond motifs is 6. The standard InChI is InChI=1S/C31H40N6O5.C23H34N6O3.CH4O/c1-6-40-19-24-35-25-26(22-14-10-11-15-23(22)34-27(25)32)37(24)20-30(2,3)42-17-16-33-28(38)31(4,5)36-29(39)41-18-21-12-8-7-9-13-21;1-6-31-13-17-28-18-19(15-9-7-8-10-16(15)27-20(18)24)29(17)14-22(2,3)32-12-11-26-21(30)23(4,5)25;1-2/h7-15H,6,16-20H2,1-5H3,(H2,32,34)(H,33,38)(H,36,39);7-10H,6,11-14,25H2,1-5H3,(H2,24,27)(H,26,30);2H,1H3. The second-order valence-corrected chi connectivity index (χ2v) is 20.2. The van der Waals surface area contributed by atoms with Gasteiger partial charge in [-0.3, -0.25) is 9.59 Å². The van der Waals surface area contributed by atoms with Crippen molar-refractivity contribution in [3.8, 4) is 0 Å². The number of benzene rings is 3. The highest BCUT2D eigenvalue weighted by molar-refractivity contribution is 6.07. The van der Waals surface area contributed by atoms with E-state index in [0.717, 1.165) is 57.2 Å². The Balaban J connectivity index is 0.000000281. The highest BCUT2D eigenvalue weighted by Gasteiger charge is 2.31. The molecule has 4 heterocycles. The van der Waals surface area contributed by atoms with Crippen molar-refractivity contribution in [2.45, 2.75) is 124 Å². The van der Waals surface area contributed by atoms with Crippen LogP contribution < -0.4 is 33.2 Å². The van der Waals surface area contributed by atoms with Crippen LogP contribution in [0.3, 0.4) is 0 Å². The van der Waals surface area contributed by atoms with Gasteiger partial charge in [0.15, 0.2) is 11.6 Å². The van der Waals surface area contributed by atoms with Crippen LogP contribution in [0.1, 0.15) is 86.4 Å². The van der Waals surface area contributed by atoms with Crippen LogP contribution in [-0.4, -0.2) is 121 Å². The molecule has 3 amide bonds. The largest absolute Gasteiger partial charge is 0.445 e. The number of aromatic nitrogens is 6. The molecule has 0 bridgehead atoms. The third kappa shape index (κ3) is 16.0. The number of carbonyl (C=O) groups is 3. The van der Waals surface area contributed by atoms with Crippen LogP contribution in [0.15, 0.2) is 78.9 Å². The quantitative estimate of drug-likeness (QED) is 0.0347. The Hall–Kier alpha value is -7.01. The summed E-state index contributed by atoms with van der Waals surface area (Å²) in [6.45, 7) is 22.6. The van der Waals surface area contributed by atoms with Crippen LogP contribution in [0, 0.1) is 0 Å². The number of nitrogens with zero attached hydrogens (tertiary/aromatic N) is 6. The van der Waals surface area contributed by atoms with E-state index in [4.69, 9.17) is 56.0 Å². The Morgan fingerprint density at radius 2 is 1.01 bits per heavy atom. The minimum Gasteiger partial charge on any atom is -0.445 e. The maximum absolute atomic E-state index is 12.8. The van der Waals surface area contributed by atoms with Gasteiger partial charge in [-0.25, -0.2) is 24.7 Å². The molecule has 21 nitrogen and oxygen atoms in total. The highest BCUT2D eigenvalue weighted by Crippen LogP contribution is 2.32. The third-order valence-corrected chi connectivity index (χ3v) is 11.9. The molecule has 7 rings (SSSR count). The molecule has 0 atom stereocenters. The molecule has 0 saturated carbocycles. The van der Waals surface area contributed by atoms with Crippen molar-refractivity contribution in [1.29, 1.82) is 0 Å². The number of para-hydroxylation sites is 2. The normalized spacial score (nSPS) is 12.0. The van der Waals surface area contributed by atoms with E-state index in [9.17, 15) is 14.4 Å². The van der Waals surface area contributed by atoms with Gasteiger partial charge in [0, 0.05) is 44.2 Å². The highest BCUT2D eigenvalue weighted by atomic mass is 16.5. The first-order chi connectivity index (χ1) is 36.0. The van der Waals surface area contributed by atoms with E-state index in [-0.39, 0.29) is 31.6 Å². The molecule has 10 N–H and O–H groups in total. The van der Waals surface area contributed by atoms with E-state index in [1.807, 2.05) is 120 Å². The van der Waals surface area contributed by atoms with Gasteiger partial charge < -0.3 is 71.1 Å². The molecule has 7 aromatic rings. The van der Waals surface area contributed by atoms with Gasteiger partial charge in [0.05, 0.1) is 65.1 Å². The minimum atomic E-state index is -1.18. The van der Waals surface area contributed by atoms with Crippen LogP contribution in [-0.2, 0) is 66.2 Å².